The molecule has 0 radical (unpaired) electrons. The van der Waals surface area contributed by atoms with Crippen molar-refractivity contribution in [1.82, 2.24) is 15.4 Å². The van der Waals surface area contributed by atoms with Crippen LogP contribution in [0.5, 0.6) is 5.75 Å². The number of hydrogen-bond donors (Lipinski definition) is 2. The molecule has 1 amide bonds. The summed E-state index contributed by atoms with van der Waals surface area (Å²) in [4.78, 5) is 16.8. The van der Waals surface area contributed by atoms with E-state index in [0.717, 1.165) is 61.0 Å². The van der Waals surface area contributed by atoms with Crippen LogP contribution in [0, 0.1) is 0 Å². The lowest BCUT2D eigenvalue weighted by Gasteiger charge is -2.48. The number of pyridine rings is 1. The number of quaternary nitrogens is 1. The molecule has 1 aromatic carbocycles. The summed E-state index contributed by atoms with van der Waals surface area (Å²) in [5.41, 5.74) is 5.08. The summed E-state index contributed by atoms with van der Waals surface area (Å²) in [6, 6.07) is 7.84. The standard InChI is InChI=1S/C22H32N4O3/c1-22(2,3)25(21(27)28)26(13-7-5-6-8-14-26)24-16-17-11-12-23-20-10-9-18(29-4)15-19(17)20/h9-12,15,24H,5-8,13-14,16H2,1-4H3/p+1. The zero-order valence-electron chi connectivity index (χ0n) is 17.9. The SMILES string of the molecule is COc1ccc2nccc(CN[N+]3(N(C(=O)O)C(C)(C)C)CCCCCC3)c2c1. The molecule has 0 atom stereocenters. The van der Waals surface area contributed by atoms with Crippen LogP contribution in [0.1, 0.15) is 52.0 Å². The summed E-state index contributed by atoms with van der Waals surface area (Å²) in [5, 5.41) is 12.7. The molecule has 29 heavy (non-hydrogen) atoms. The van der Waals surface area contributed by atoms with E-state index in [4.69, 9.17) is 4.74 Å². The lowest BCUT2D eigenvalue weighted by atomic mass is 10.1. The Balaban J connectivity index is 1.97. The van der Waals surface area contributed by atoms with E-state index in [-0.39, 0.29) is 4.70 Å². The number of methoxy groups -OCH3 is 1. The van der Waals surface area contributed by atoms with E-state index in [2.05, 4.69) is 10.4 Å². The summed E-state index contributed by atoms with van der Waals surface area (Å²) < 4.78 is 5.64. The van der Waals surface area contributed by atoms with Crippen LogP contribution in [0.3, 0.4) is 0 Å². The summed E-state index contributed by atoms with van der Waals surface area (Å²) in [6.07, 6.45) is 5.17. The Bertz CT molecular complexity index is 855. The maximum absolute atomic E-state index is 12.3. The van der Waals surface area contributed by atoms with Crippen LogP contribution in [0.2, 0.25) is 0 Å². The van der Waals surface area contributed by atoms with Crippen LogP contribution < -0.4 is 10.2 Å². The number of benzene rings is 1. The van der Waals surface area contributed by atoms with Gasteiger partial charge in [-0.3, -0.25) is 4.98 Å². The quantitative estimate of drug-likeness (QED) is 0.730. The van der Waals surface area contributed by atoms with Gasteiger partial charge in [0.2, 0.25) is 0 Å². The summed E-state index contributed by atoms with van der Waals surface area (Å²) >= 11 is 0. The minimum Gasteiger partial charge on any atom is -0.497 e. The van der Waals surface area contributed by atoms with Gasteiger partial charge in [-0.05, 0) is 63.4 Å². The monoisotopic (exact) mass is 401 g/mol. The maximum Gasteiger partial charge on any atom is 0.454 e. The first-order chi connectivity index (χ1) is 13.8. The molecule has 0 aliphatic carbocycles. The van der Waals surface area contributed by atoms with Gasteiger partial charge in [-0.25, -0.2) is 4.79 Å². The number of nitrogens with zero attached hydrogens (tertiary/aromatic N) is 3. The lowest BCUT2D eigenvalue weighted by Crippen LogP contribution is -2.73. The number of aromatic nitrogens is 1. The van der Waals surface area contributed by atoms with Gasteiger partial charge in [0, 0.05) is 24.4 Å². The highest BCUT2D eigenvalue weighted by molar-refractivity contribution is 5.83. The van der Waals surface area contributed by atoms with E-state index >= 15 is 0 Å². The molecule has 1 fully saturated rings. The topological polar surface area (TPSA) is 74.7 Å². The molecule has 158 valence electrons. The van der Waals surface area contributed by atoms with Gasteiger partial charge in [0.15, 0.2) is 0 Å². The molecule has 0 spiro atoms. The Morgan fingerprint density at radius 2 is 1.90 bits per heavy atom. The van der Waals surface area contributed by atoms with Gasteiger partial charge in [0.05, 0.1) is 24.7 Å². The normalized spacial score (nSPS) is 17.0. The third-order valence-electron chi connectivity index (χ3n) is 5.61. The Kier molecular flexibility index (Phi) is 6.29. The van der Waals surface area contributed by atoms with E-state index in [1.165, 1.54) is 0 Å². The van der Waals surface area contributed by atoms with E-state index in [0.29, 0.717) is 6.54 Å². The molecule has 1 aliphatic rings. The molecule has 1 saturated heterocycles. The Morgan fingerprint density at radius 3 is 2.48 bits per heavy atom. The van der Waals surface area contributed by atoms with Crippen LogP contribution in [-0.2, 0) is 6.54 Å². The fourth-order valence-electron chi connectivity index (χ4n) is 4.36. The molecule has 0 unspecified atom stereocenters. The largest absolute Gasteiger partial charge is 0.497 e. The first-order valence-corrected chi connectivity index (χ1v) is 10.3. The maximum atomic E-state index is 12.3. The summed E-state index contributed by atoms with van der Waals surface area (Å²) in [5.74, 6) is 0.785. The molecular weight excluding hydrogens is 368 g/mol. The van der Waals surface area contributed by atoms with E-state index in [9.17, 15) is 9.90 Å². The molecule has 1 aliphatic heterocycles. The Labute approximate surface area is 172 Å². The van der Waals surface area contributed by atoms with Crippen molar-refractivity contribution in [3.05, 3.63) is 36.0 Å². The highest BCUT2D eigenvalue weighted by atomic mass is 16.5. The number of amides is 1. The Morgan fingerprint density at radius 1 is 1.21 bits per heavy atom. The van der Waals surface area contributed by atoms with Gasteiger partial charge >= 0.3 is 6.09 Å². The van der Waals surface area contributed by atoms with E-state index < -0.39 is 11.6 Å². The zero-order chi connectivity index (χ0) is 21.1. The third-order valence-corrected chi connectivity index (χ3v) is 5.61. The van der Waals surface area contributed by atoms with Crippen molar-refractivity contribution >= 4 is 17.0 Å². The molecule has 0 bridgehead atoms. The molecule has 1 aromatic heterocycles. The first kappa shape index (κ1) is 21.3. The van der Waals surface area contributed by atoms with Gasteiger partial charge in [-0.2, -0.15) is 0 Å². The Hall–Kier alpha value is -2.38. The molecule has 7 nitrogen and oxygen atoms in total. The second-order valence-corrected chi connectivity index (χ2v) is 8.74. The van der Waals surface area contributed by atoms with Gasteiger partial charge in [-0.1, -0.05) is 0 Å². The zero-order valence-corrected chi connectivity index (χ0v) is 17.9. The predicted octanol–water partition coefficient (Wildman–Crippen LogP) is 4.33. The molecule has 2 aromatic rings. The van der Waals surface area contributed by atoms with Crippen molar-refractivity contribution in [3.8, 4) is 5.75 Å². The molecule has 2 N–H and O–H groups in total. The molecule has 7 heteroatoms. The van der Waals surface area contributed by atoms with Crippen molar-refractivity contribution in [2.45, 2.75) is 58.5 Å². The highest BCUT2D eigenvalue weighted by Gasteiger charge is 2.46. The number of rotatable bonds is 5. The fourth-order valence-corrected chi connectivity index (χ4v) is 4.36. The number of nitrogens with one attached hydrogen (secondary N) is 1. The summed E-state index contributed by atoms with van der Waals surface area (Å²) in [6.45, 7) is 7.94. The third kappa shape index (κ3) is 4.62. The smallest absolute Gasteiger partial charge is 0.454 e. The van der Waals surface area contributed by atoms with Crippen LogP contribution in [0.4, 0.5) is 4.79 Å². The first-order valence-electron chi connectivity index (χ1n) is 10.3. The van der Waals surface area contributed by atoms with Crippen molar-refractivity contribution in [3.63, 3.8) is 0 Å². The average Bonchev–Trinajstić information content (AvgIpc) is 2.90. The van der Waals surface area contributed by atoms with Crippen molar-refractivity contribution < 1.29 is 19.3 Å². The second-order valence-electron chi connectivity index (χ2n) is 8.74. The second kappa shape index (κ2) is 8.55. The van der Waals surface area contributed by atoms with Gasteiger partial charge < -0.3 is 9.84 Å². The van der Waals surface area contributed by atoms with E-state index in [1.807, 2.05) is 45.0 Å². The van der Waals surface area contributed by atoms with Crippen LogP contribution in [-0.4, -0.2) is 51.6 Å². The van der Waals surface area contributed by atoms with Crippen molar-refractivity contribution in [2.75, 3.05) is 20.2 Å². The predicted molar refractivity (Wildman–Crippen MR) is 113 cm³/mol. The van der Waals surface area contributed by atoms with E-state index in [1.54, 1.807) is 18.3 Å². The van der Waals surface area contributed by atoms with Gasteiger partial charge in [-0.15, -0.1) is 15.1 Å². The summed E-state index contributed by atoms with van der Waals surface area (Å²) in [7, 11) is 1.65. The molecule has 2 heterocycles. The number of carboxylic acid groups (broad SMARTS) is 1. The van der Waals surface area contributed by atoms with Gasteiger partial charge in [0.25, 0.3) is 0 Å². The number of hydrogen-bond acceptors (Lipinski definition) is 4. The molecule has 0 saturated carbocycles. The minimum absolute atomic E-state index is 0.257. The number of ether oxygens (including phenoxy) is 1. The average molecular weight is 402 g/mol. The fraction of sp³-hybridized carbons (Fsp3) is 0.545. The minimum atomic E-state index is -0.895. The van der Waals surface area contributed by atoms with Crippen LogP contribution in [0.25, 0.3) is 10.9 Å². The van der Waals surface area contributed by atoms with Crippen molar-refractivity contribution in [1.29, 1.82) is 0 Å². The highest BCUT2D eigenvalue weighted by Crippen LogP contribution is 2.28. The van der Waals surface area contributed by atoms with Crippen LogP contribution >= 0.6 is 0 Å². The molecule has 3 rings (SSSR count). The lowest BCUT2D eigenvalue weighted by molar-refractivity contribution is -1.07. The van der Waals surface area contributed by atoms with Crippen molar-refractivity contribution in [2.24, 2.45) is 0 Å². The number of fused-ring (bicyclic) bond motifs is 1. The van der Waals surface area contributed by atoms with Gasteiger partial charge in [0.1, 0.15) is 18.8 Å². The van der Waals surface area contributed by atoms with Crippen LogP contribution in [0.15, 0.2) is 30.5 Å². The molecular formula is C22H33N4O3+. The number of carbonyl (C=O) groups is 1.